The van der Waals surface area contributed by atoms with Crippen LogP contribution in [0, 0.1) is 17.3 Å². The highest BCUT2D eigenvalue weighted by molar-refractivity contribution is 4.82. The van der Waals surface area contributed by atoms with E-state index in [1.165, 1.54) is 32.1 Å². The summed E-state index contributed by atoms with van der Waals surface area (Å²) in [6, 6.07) is 0.581. The number of rotatable bonds is 15. The van der Waals surface area contributed by atoms with E-state index < -0.39 is 0 Å². The molecule has 0 radical (unpaired) electrons. The van der Waals surface area contributed by atoms with E-state index in [-0.39, 0.29) is 12.0 Å². The number of unbranched alkanes of at least 4 members (excludes halogenated alkanes) is 2. The fraction of sp³-hybridized carbons (Fsp3) is 1.00. The average Bonchev–Trinajstić information content (AvgIpc) is 2.53. The van der Waals surface area contributed by atoms with E-state index in [9.17, 15) is 5.11 Å². The van der Waals surface area contributed by atoms with Gasteiger partial charge in [0.15, 0.2) is 0 Å². The normalized spacial score (nSPS) is 17.2. The zero-order chi connectivity index (χ0) is 17.7. The molecule has 0 heterocycles. The first kappa shape index (κ1) is 22.9. The van der Waals surface area contributed by atoms with E-state index in [2.05, 4.69) is 52.2 Å². The molecule has 3 atom stereocenters. The minimum atomic E-state index is 0.00689. The Morgan fingerprint density at radius 1 is 1.00 bits per heavy atom. The van der Waals surface area contributed by atoms with Crippen molar-refractivity contribution in [2.45, 2.75) is 86.1 Å². The van der Waals surface area contributed by atoms with Gasteiger partial charge in [0.1, 0.15) is 0 Å². The summed E-state index contributed by atoms with van der Waals surface area (Å²) in [7, 11) is 0. The Kier molecular flexibility index (Phi) is 13.1. The summed E-state index contributed by atoms with van der Waals surface area (Å²) >= 11 is 0. The fourth-order valence-electron chi connectivity index (χ4n) is 3.21. The molecule has 0 aromatic carbocycles. The van der Waals surface area contributed by atoms with E-state index in [0.717, 1.165) is 26.1 Å². The van der Waals surface area contributed by atoms with Gasteiger partial charge in [0.05, 0.1) is 0 Å². The lowest BCUT2D eigenvalue weighted by molar-refractivity contribution is 0.117. The third kappa shape index (κ3) is 10.4. The second-order valence-corrected chi connectivity index (χ2v) is 8.09. The number of hydrogen-bond donors (Lipinski definition) is 3. The van der Waals surface area contributed by atoms with Gasteiger partial charge >= 0.3 is 0 Å². The first-order chi connectivity index (χ1) is 10.9. The van der Waals surface area contributed by atoms with Gasteiger partial charge in [-0.25, -0.2) is 0 Å². The van der Waals surface area contributed by atoms with Crippen LogP contribution in [0.3, 0.4) is 0 Å². The molecule has 0 rings (SSSR count). The van der Waals surface area contributed by atoms with Crippen LogP contribution in [0.4, 0.5) is 0 Å². The average molecular weight is 329 g/mol. The molecule has 3 N–H and O–H groups in total. The molecule has 0 fully saturated rings. The highest BCUT2D eigenvalue weighted by Gasteiger charge is 2.26. The summed E-state index contributed by atoms with van der Waals surface area (Å²) in [5.41, 5.74) is 0.00689. The second-order valence-electron chi connectivity index (χ2n) is 8.09. The van der Waals surface area contributed by atoms with Gasteiger partial charge in [0.25, 0.3) is 0 Å². The molecule has 3 heteroatoms. The molecule has 0 aliphatic carbocycles. The fourth-order valence-corrected chi connectivity index (χ4v) is 3.21. The molecule has 0 amide bonds. The highest BCUT2D eigenvalue weighted by atomic mass is 16.3. The van der Waals surface area contributed by atoms with E-state index in [0.29, 0.717) is 17.9 Å². The van der Waals surface area contributed by atoms with Crippen LogP contribution in [-0.2, 0) is 0 Å². The van der Waals surface area contributed by atoms with Crippen molar-refractivity contribution in [3.05, 3.63) is 0 Å². The van der Waals surface area contributed by atoms with Crippen molar-refractivity contribution in [2.24, 2.45) is 17.3 Å². The molecule has 0 saturated heterocycles. The van der Waals surface area contributed by atoms with Crippen LogP contribution in [0.25, 0.3) is 0 Å². The summed E-state index contributed by atoms with van der Waals surface area (Å²) in [6.45, 7) is 17.1. The Bertz CT molecular complexity index is 270. The summed E-state index contributed by atoms with van der Waals surface area (Å²) in [6.07, 6.45) is 7.20. The van der Waals surface area contributed by atoms with Crippen molar-refractivity contribution >= 4 is 0 Å². The topological polar surface area (TPSA) is 44.3 Å². The third-order valence-corrected chi connectivity index (χ3v) is 5.09. The van der Waals surface area contributed by atoms with Crippen molar-refractivity contribution in [3.63, 3.8) is 0 Å². The standard InChI is InChI=1S/C20H44N2O/c1-7-9-13-21-15-20(6,16-23)12-11-18(5)19(17(3)4)22-14-10-8-2/h17-19,21-23H,7-16H2,1-6H3. The monoisotopic (exact) mass is 328 g/mol. The molecule has 140 valence electrons. The second kappa shape index (κ2) is 13.2. The van der Waals surface area contributed by atoms with Crippen LogP contribution < -0.4 is 10.6 Å². The van der Waals surface area contributed by atoms with Crippen LogP contribution in [-0.4, -0.2) is 37.4 Å². The van der Waals surface area contributed by atoms with Crippen molar-refractivity contribution in [1.29, 1.82) is 0 Å². The molecular weight excluding hydrogens is 284 g/mol. The lowest BCUT2D eigenvalue weighted by Crippen LogP contribution is -2.41. The minimum Gasteiger partial charge on any atom is -0.396 e. The zero-order valence-corrected chi connectivity index (χ0v) is 16.8. The first-order valence-corrected chi connectivity index (χ1v) is 9.95. The van der Waals surface area contributed by atoms with Crippen LogP contribution in [0.15, 0.2) is 0 Å². The van der Waals surface area contributed by atoms with Gasteiger partial charge in [-0.1, -0.05) is 54.4 Å². The largest absolute Gasteiger partial charge is 0.396 e. The molecule has 23 heavy (non-hydrogen) atoms. The molecule has 3 nitrogen and oxygen atoms in total. The van der Waals surface area contributed by atoms with Crippen LogP contribution in [0.2, 0.25) is 0 Å². The molecular formula is C20H44N2O. The van der Waals surface area contributed by atoms with Crippen molar-refractivity contribution < 1.29 is 5.11 Å². The predicted molar refractivity (Wildman–Crippen MR) is 103 cm³/mol. The van der Waals surface area contributed by atoms with Crippen molar-refractivity contribution in [2.75, 3.05) is 26.2 Å². The van der Waals surface area contributed by atoms with Crippen LogP contribution >= 0.6 is 0 Å². The molecule has 0 saturated carbocycles. The van der Waals surface area contributed by atoms with Gasteiger partial charge in [0.2, 0.25) is 0 Å². The molecule has 0 spiro atoms. The molecule has 0 bridgehead atoms. The van der Waals surface area contributed by atoms with Gasteiger partial charge in [-0.3, -0.25) is 0 Å². The maximum Gasteiger partial charge on any atom is 0.0496 e. The highest BCUT2D eigenvalue weighted by Crippen LogP contribution is 2.27. The Morgan fingerprint density at radius 2 is 1.61 bits per heavy atom. The van der Waals surface area contributed by atoms with Crippen molar-refractivity contribution in [3.8, 4) is 0 Å². The Morgan fingerprint density at radius 3 is 2.13 bits per heavy atom. The molecule has 0 aromatic rings. The van der Waals surface area contributed by atoms with Gasteiger partial charge in [0, 0.05) is 24.6 Å². The molecule has 0 aliphatic heterocycles. The van der Waals surface area contributed by atoms with E-state index >= 15 is 0 Å². The number of aliphatic hydroxyl groups is 1. The van der Waals surface area contributed by atoms with E-state index in [4.69, 9.17) is 0 Å². The smallest absolute Gasteiger partial charge is 0.0496 e. The summed E-state index contributed by atoms with van der Waals surface area (Å²) in [5, 5.41) is 17.1. The maximum atomic E-state index is 9.82. The van der Waals surface area contributed by atoms with E-state index in [1.807, 2.05) is 0 Å². The summed E-state index contributed by atoms with van der Waals surface area (Å²) in [4.78, 5) is 0. The molecule has 0 aliphatic rings. The zero-order valence-electron chi connectivity index (χ0n) is 16.8. The predicted octanol–water partition coefficient (Wildman–Crippen LogP) is 4.21. The number of nitrogens with one attached hydrogen (secondary N) is 2. The van der Waals surface area contributed by atoms with Crippen LogP contribution in [0.5, 0.6) is 0 Å². The SMILES string of the molecule is CCCCNCC(C)(CO)CCC(C)C(NCCCC)C(C)C. The lowest BCUT2D eigenvalue weighted by atomic mass is 9.80. The van der Waals surface area contributed by atoms with Gasteiger partial charge in [-0.05, 0) is 50.6 Å². The third-order valence-electron chi connectivity index (χ3n) is 5.09. The van der Waals surface area contributed by atoms with Crippen LogP contribution in [0.1, 0.15) is 80.1 Å². The van der Waals surface area contributed by atoms with E-state index in [1.54, 1.807) is 0 Å². The molecule has 0 aromatic heterocycles. The molecule has 3 unspecified atom stereocenters. The Labute approximate surface area is 146 Å². The van der Waals surface area contributed by atoms with Gasteiger partial charge in [-0.15, -0.1) is 0 Å². The first-order valence-electron chi connectivity index (χ1n) is 9.95. The number of hydrogen-bond acceptors (Lipinski definition) is 3. The Balaban J connectivity index is 4.33. The summed E-state index contributed by atoms with van der Waals surface area (Å²) in [5.74, 6) is 1.30. The number of aliphatic hydroxyl groups excluding tert-OH is 1. The lowest BCUT2D eigenvalue weighted by Gasteiger charge is -2.33. The summed E-state index contributed by atoms with van der Waals surface area (Å²) < 4.78 is 0. The maximum absolute atomic E-state index is 9.82. The Hall–Kier alpha value is -0.120. The van der Waals surface area contributed by atoms with Gasteiger partial charge in [-0.2, -0.15) is 0 Å². The quantitative estimate of drug-likeness (QED) is 0.395. The van der Waals surface area contributed by atoms with Crippen molar-refractivity contribution in [1.82, 2.24) is 10.6 Å². The minimum absolute atomic E-state index is 0.00689. The van der Waals surface area contributed by atoms with Gasteiger partial charge < -0.3 is 15.7 Å².